The first-order chi connectivity index (χ1) is 13.5. The number of aromatic nitrogens is 2. The first kappa shape index (κ1) is 18.4. The number of carbonyl (C=O) groups excluding carboxylic acids is 2. The minimum absolute atomic E-state index is 0.121. The zero-order chi connectivity index (χ0) is 19.7. The van der Waals surface area contributed by atoms with Crippen molar-refractivity contribution in [3.05, 3.63) is 47.1 Å². The van der Waals surface area contributed by atoms with Crippen molar-refractivity contribution in [3.8, 4) is 0 Å². The number of rotatable bonds is 2. The molecule has 1 aliphatic heterocycles. The molecule has 8 heteroatoms. The van der Waals surface area contributed by atoms with Crippen LogP contribution < -0.4 is 11.1 Å². The summed E-state index contributed by atoms with van der Waals surface area (Å²) in [6.07, 6.45) is 4.19. The predicted octanol–water partition coefficient (Wildman–Crippen LogP) is 3.27. The summed E-state index contributed by atoms with van der Waals surface area (Å²) in [6.45, 7) is 2.36. The lowest BCUT2D eigenvalue weighted by atomic mass is 9.95. The number of nitrogens with zero attached hydrogens (tertiary/aromatic N) is 3. The molecule has 0 bridgehead atoms. The molecule has 28 heavy (non-hydrogen) atoms. The standard InChI is InChI=1S/C20H21N5O2S/c1-12-8-14(10-22-18(12)21)24-19(26)20(27)25-7-3-2-4-16(25)13-5-6-17-15(9-13)23-11-28-17/h5-6,8-11,16H,2-4,7H2,1H3,(H2,21,22)(H,24,26)/t16-/m0/s1. The Balaban J connectivity index is 1.55. The summed E-state index contributed by atoms with van der Waals surface area (Å²) < 4.78 is 1.11. The summed E-state index contributed by atoms with van der Waals surface area (Å²) in [6, 6.07) is 7.67. The molecule has 0 aliphatic carbocycles. The van der Waals surface area contributed by atoms with Crippen LogP contribution in [0.1, 0.15) is 36.4 Å². The van der Waals surface area contributed by atoms with Gasteiger partial charge in [-0.3, -0.25) is 9.59 Å². The van der Waals surface area contributed by atoms with Crippen LogP contribution in [0.4, 0.5) is 11.5 Å². The molecule has 1 aliphatic rings. The van der Waals surface area contributed by atoms with Crippen LogP contribution in [0.2, 0.25) is 0 Å². The number of aryl methyl sites for hydroxylation is 1. The number of hydrogen-bond donors (Lipinski definition) is 2. The van der Waals surface area contributed by atoms with Crippen molar-refractivity contribution in [1.82, 2.24) is 14.9 Å². The Morgan fingerprint density at radius 1 is 1.25 bits per heavy atom. The second-order valence-electron chi connectivity index (χ2n) is 6.97. The summed E-state index contributed by atoms with van der Waals surface area (Å²) >= 11 is 1.59. The van der Waals surface area contributed by atoms with E-state index < -0.39 is 11.8 Å². The molecule has 0 unspecified atom stereocenters. The second-order valence-corrected chi connectivity index (χ2v) is 7.86. The molecule has 1 aromatic carbocycles. The summed E-state index contributed by atoms with van der Waals surface area (Å²) in [5.74, 6) is -0.789. The van der Waals surface area contributed by atoms with E-state index in [1.54, 1.807) is 29.2 Å². The molecular weight excluding hydrogens is 374 g/mol. The van der Waals surface area contributed by atoms with Gasteiger partial charge in [0.2, 0.25) is 0 Å². The Kier molecular flexibility index (Phi) is 4.95. The van der Waals surface area contributed by atoms with Gasteiger partial charge in [0.25, 0.3) is 0 Å². The molecule has 144 valence electrons. The number of carbonyl (C=O) groups is 2. The van der Waals surface area contributed by atoms with E-state index in [0.717, 1.165) is 40.6 Å². The minimum Gasteiger partial charge on any atom is -0.383 e. The van der Waals surface area contributed by atoms with Crippen LogP contribution in [0.5, 0.6) is 0 Å². The number of piperidine rings is 1. The van der Waals surface area contributed by atoms with Crippen LogP contribution in [0, 0.1) is 6.92 Å². The van der Waals surface area contributed by atoms with E-state index in [4.69, 9.17) is 5.73 Å². The molecule has 4 rings (SSSR count). The monoisotopic (exact) mass is 395 g/mol. The maximum Gasteiger partial charge on any atom is 0.313 e. The number of fused-ring (bicyclic) bond motifs is 1. The van der Waals surface area contributed by atoms with E-state index >= 15 is 0 Å². The third-order valence-corrected chi connectivity index (χ3v) is 5.88. The first-order valence-electron chi connectivity index (χ1n) is 9.20. The normalized spacial score (nSPS) is 16.9. The average Bonchev–Trinajstić information content (AvgIpc) is 3.18. The lowest BCUT2D eigenvalue weighted by Gasteiger charge is -2.35. The van der Waals surface area contributed by atoms with Crippen LogP contribution in [0.3, 0.4) is 0 Å². The molecule has 3 N–H and O–H groups in total. The van der Waals surface area contributed by atoms with Crippen molar-refractivity contribution in [2.24, 2.45) is 0 Å². The Labute approximate surface area is 166 Å². The Morgan fingerprint density at radius 3 is 2.93 bits per heavy atom. The molecule has 1 saturated heterocycles. The van der Waals surface area contributed by atoms with Crippen LogP contribution >= 0.6 is 11.3 Å². The number of thiazole rings is 1. The number of anilines is 2. The van der Waals surface area contributed by atoms with Gasteiger partial charge in [-0.15, -0.1) is 11.3 Å². The fraction of sp³-hybridized carbons (Fsp3) is 0.300. The van der Waals surface area contributed by atoms with Gasteiger partial charge in [-0.05, 0) is 55.5 Å². The highest BCUT2D eigenvalue weighted by Crippen LogP contribution is 2.33. The second kappa shape index (κ2) is 7.55. The minimum atomic E-state index is -0.660. The lowest BCUT2D eigenvalue weighted by molar-refractivity contribution is -0.145. The van der Waals surface area contributed by atoms with E-state index in [0.29, 0.717) is 18.1 Å². The highest BCUT2D eigenvalue weighted by molar-refractivity contribution is 7.16. The summed E-state index contributed by atoms with van der Waals surface area (Å²) in [5, 5.41) is 2.65. The molecule has 1 atom stereocenters. The van der Waals surface area contributed by atoms with Gasteiger partial charge < -0.3 is 16.0 Å². The van der Waals surface area contributed by atoms with Gasteiger partial charge in [0.05, 0.1) is 33.7 Å². The molecule has 2 aromatic heterocycles. The third-order valence-electron chi connectivity index (χ3n) is 5.07. The van der Waals surface area contributed by atoms with Gasteiger partial charge >= 0.3 is 11.8 Å². The SMILES string of the molecule is Cc1cc(NC(=O)C(=O)N2CCCC[C@H]2c2ccc3scnc3c2)cnc1N. The molecule has 2 amide bonds. The molecule has 7 nitrogen and oxygen atoms in total. The predicted molar refractivity (Wildman–Crippen MR) is 110 cm³/mol. The van der Waals surface area contributed by atoms with E-state index in [9.17, 15) is 9.59 Å². The van der Waals surface area contributed by atoms with Gasteiger partial charge in [0.15, 0.2) is 0 Å². The van der Waals surface area contributed by atoms with Crippen molar-refractivity contribution in [3.63, 3.8) is 0 Å². The van der Waals surface area contributed by atoms with Gasteiger partial charge in [-0.25, -0.2) is 9.97 Å². The van der Waals surface area contributed by atoms with E-state index in [2.05, 4.69) is 15.3 Å². The molecule has 1 fully saturated rings. The number of nitrogens with one attached hydrogen (secondary N) is 1. The largest absolute Gasteiger partial charge is 0.383 e. The number of amides is 2. The van der Waals surface area contributed by atoms with Crippen LogP contribution in [-0.4, -0.2) is 33.2 Å². The van der Waals surface area contributed by atoms with Crippen molar-refractivity contribution < 1.29 is 9.59 Å². The van der Waals surface area contributed by atoms with Crippen LogP contribution in [0.15, 0.2) is 36.0 Å². The van der Waals surface area contributed by atoms with Gasteiger partial charge in [-0.2, -0.15) is 0 Å². The first-order valence-corrected chi connectivity index (χ1v) is 10.1. The van der Waals surface area contributed by atoms with Gasteiger partial charge in [0, 0.05) is 6.54 Å². The number of likely N-dealkylation sites (tertiary alicyclic amines) is 1. The fourth-order valence-electron chi connectivity index (χ4n) is 3.57. The zero-order valence-corrected chi connectivity index (χ0v) is 16.3. The number of nitrogen functional groups attached to an aromatic ring is 1. The quantitative estimate of drug-likeness (QED) is 0.649. The van der Waals surface area contributed by atoms with Crippen molar-refractivity contribution in [2.45, 2.75) is 32.2 Å². The van der Waals surface area contributed by atoms with E-state index in [-0.39, 0.29) is 6.04 Å². The Hall–Kier alpha value is -3.00. The van der Waals surface area contributed by atoms with Crippen molar-refractivity contribution >= 4 is 44.9 Å². The van der Waals surface area contributed by atoms with E-state index in [1.165, 1.54) is 6.20 Å². The molecular formula is C20H21N5O2S. The maximum absolute atomic E-state index is 12.9. The number of hydrogen-bond acceptors (Lipinski definition) is 6. The number of pyridine rings is 1. The lowest BCUT2D eigenvalue weighted by Crippen LogP contribution is -2.44. The highest BCUT2D eigenvalue weighted by Gasteiger charge is 2.32. The van der Waals surface area contributed by atoms with Crippen molar-refractivity contribution in [2.75, 3.05) is 17.6 Å². The Bertz CT molecular complexity index is 1050. The molecule has 0 saturated carbocycles. The summed E-state index contributed by atoms with van der Waals surface area (Å²) in [4.78, 5) is 35.6. The molecule has 0 radical (unpaired) electrons. The van der Waals surface area contributed by atoms with Crippen molar-refractivity contribution in [1.29, 1.82) is 0 Å². The van der Waals surface area contributed by atoms with Crippen LogP contribution in [0.25, 0.3) is 10.2 Å². The highest BCUT2D eigenvalue weighted by atomic mass is 32.1. The van der Waals surface area contributed by atoms with Gasteiger partial charge in [-0.1, -0.05) is 6.07 Å². The molecule has 3 heterocycles. The smallest absolute Gasteiger partial charge is 0.313 e. The fourth-order valence-corrected chi connectivity index (χ4v) is 4.23. The van der Waals surface area contributed by atoms with Crippen LogP contribution in [-0.2, 0) is 9.59 Å². The number of benzene rings is 1. The average molecular weight is 395 g/mol. The molecule has 3 aromatic rings. The summed E-state index contributed by atoms with van der Waals surface area (Å²) in [7, 11) is 0. The Morgan fingerprint density at radius 2 is 2.11 bits per heavy atom. The third kappa shape index (κ3) is 3.55. The number of nitrogens with two attached hydrogens (primary N) is 1. The van der Waals surface area contributed by atoms with E-state index in [1.807, 2.05) is 23.7 Å². The zero-order valence-electron chi connectivity index (χ0n) is 15.5. The molecule has 0 spiro atoms. The topological polar surface area (TPSA) is 101 Å². The summed E-state index contributed by atoms with van der Waals surface area (Å²) in [5.41, 5.74) is 10.7. The van der Waals surface area contributed by atoms with Gasteiger partial charge in [0.1, 0.15) is 5.82 Å². The maximum atomic E-state index is 12.9.